The summed E-state index contributed by atoms with van der Waals surface area (Å²) in [6, 6.07) is 11.6. The monoisotopic (exact) mass is 621 g/mol. The van der Waals surface area contributed by atoms with Gasteiger partial charge in [0.1, 0.15) is 0 Å². The van der Waals surface area contributed by atoms with Gasteiger partial charge < -0.3 is 38.8 Å². The number of hydrogen-bond acceptors (Lipinski definition) is 12. The third-order valence-electron chi connectivity index (χ3n) is 5.86. The molecule has 13 heteroatoms. The number of rotatable bonds is 14. The maximum atomic E-state index is 13.1. The molecule has 3 rings (SSSR count). The van der Waals surface area contributed by atoms with Crippen molar-refractivity contribution in [1.82, 2.24) is 5.32 Å². The highest BCUT2D eigenvalue weighted by atomic mass is 35.5. The number of carbonyl (C=O) groups is 4. The van der Waals surface area contributed by atoms with Crippen molar-refractivity contribution in [3.05, 3.63) is 58.6 Å². The van der Waals surface area contributed by atoms with Crippen molar-refractivity contribution in [3.63, 3.8) is 0 Å². The van der Waals surface area contributed by atoms with Crippen LogP contribution in [0, 0.1) is 0 Å². The zero-order valence-electron chi connectivity index (χ0n) is 24.6. The van der Waals surface area contributed by atoms with Crippen LogP contribution in [0.25, 0.3) is 0 Å². The number of benzene rings is 2. The Balaban J connectivity index is 1.70. The van der Waals surface area contributed by atoms with Gasteiger partial charge in [0, 0.05) is 17.6 Å². The van der Waals surface area contributed by atoms with Crippen LogP contribution in [0.2, 0.25) is 5.02 Å². The lowest BCUT2D eigenvalue weighted by Crippen LogP contribution is -2.56. The summed E-state index contributed by atoms with van der Waals surface area (Å²) in [6.07, 6.45) is -1.22. The number of ether oxygens (including phenoxy) is 6. The fourth-order valence-electron chi connectivity index (χ4n) is 4.03. The quantitative estimate of drug-likeness (QED) is 0.181. The second-order valence-corrected chi connectivity index (χ2v) is 10.9. The third-order valence-corrected chi connectivity index (χ3v) is 6.10. The summed E-state index contributed by atoms with van der Waals surface area (Å²) in [5.41, 5.74) is 1.43. The Bertz CT molecular complexity index is 1270. The molecule has 1 aliphatic heterocycles. The second-order valence-electron chi connectivity index (χ2n) is 10.4. The minimum atomic E-state index is -2.78. The van der Waals surface area contributed by atoms with Gasteiger partial charge in [-0.15, -0.1) is 0 Å². The van der Waals surface area contributed by atoms with E-state index in [9.17, 15) is 24.3 Å². The zero-order valence-corrected chi connectivity index (χ0v) is 25.3. The second kappa shape index (κ2) is 15.0. The molecule has 2 N–H and O–H groups in total. The van der Waals surface area contributed by atoms with Crippen LogP contribution in [0.5, 0.6) is 11.5 Å². The van der Waals surface area contributed by atoms with Gasteiger partial charge in [0.05, 0.1) is 18.3 Å². The number of aliphatic hydroxyl groups is 1. The Morgan fingerprint density at radius 3 is 2.00 bits per heavy atom. The number of nitrogens with one attached hydrogen (secondary N) is 1. The van der Waals surface area contributed by atoms with E-state index >= 15 is 0 Å². The van der Waals surface area contributed by atoms with E-state index in [2.05, 4.69) is 5.32 Å². The van der Waals surface area contributed by atoms with Crippen LogP contribution >= 0.6 is 11.6 Å². The fourth-order valence-corrected chi connectivity index (χ4v) is 4.23. The van der Waals surface area contributed by atoms with Gasteiger partial charge in [0.2, 0.25) is 0 Å². The van der Waals surface area contributed by atoms with Gasteiger partial charge in [-0.05, 0) is 76.4 Å². The molecule has 2 atom stereocenters. The first kappa shape index (κ1) is 33.6. The molecule has 0 bridgehead atoms. The first-order chi connectivity index (χ1) is 20.3. The summed E-state index contributed by atoms with van der Waals surface area (Å²) in [5, 5.41) is 14.3. The van der Waals surface area contributed by atoms with Gasteiger partial charge >= 0.3 is 29.7 Å². The SMILES string of the molecule is CC(Cc1ccc2c(c1)OC(C(=O)OCC(=O)OC(C)C)(C(=O)OCC(=O)OC(C)C)O2)NCC(O)c1cccc(Cl)c1. The first-order valence-electron chi connectivity index (χ1n) is 13.7. The molecule has 1 heterocycles. The Morgan fingerprint density at radius 2 is 1.44 bits per heavy atom. The molecular formula is C30H36ClNO11. The van der Waals surface area contributed by atoms with Crippen LogP contribution in [0.3, 0.4) is 0 Å². The number of carbonyl (C=O) groups excluding carboxylic acids is 4. The summed E-state index contributed by atoms with van der Waals surface area (Å²) >= 11 is 6.01. The Kier molecular flexibility index (Phi) is 11.8. The molecule has 0 spiro atoms. The van der Waals surface area contributed by atoms with E-state index in [1.165, 1.54) is 6.07 Å². The predicted molar refractivity (Wildman–Crippen MR) is 152 cm³/mol. The third kappa shape index (κ3) is 9.57. The van der Waals surface area contributed by atoms with Crippen LogP contribution in [0.4, 0.5) is 0 Å². The summed E-state index contributed by atoms with van der Waals surface area (Å²) in [4.78, 5) is 50.1. The summed E-state index contributed by atoms with van der Waals surface area (Å²) in [7, 11) is 0. The number of aliphatic hydroxyl groups excluding tert-OH is 1. The Labute approximate surface area is 254 Å². The average Bonchev–Trinajstić information content (AvgIpc) is 3.33. The van der Waals surface area contributed by atoms with Gasteiger partial charge in [-0.3, -0.25) is 0 Å². The maximum absolute atomic E-state index is 13.1. The van der Waals surface area contributed by atoms with Gasteiger partial charge in [-0.1, -0.05) is 29.8 Å². The first-order valence-corrected chi connectivity index (χ1v) is 14.1. The van der Waals surface area contributed by atoms with Crippen molar-refractivity contribution in [3.8, 4) is 11.5 Å². The molecule has 0 aromatic heterocycles. The van der Waals surface area contributed by atoms with Crippen LogP contribution < -0.4 is 14.8 Å². The lowest BCUT2D eigenvalue weighted by molar-refractivity contribution is -0.205. The molecule has 43 heavy (non-hydrogen) atoms. The van der Waals surface area contributed by atoms with E-state index in [1.54, 1.807) is 64.1 Å². The predicted octanol–water partition coefficient (Wildman–Crippen LogP) is 3.05. The summed E-state index contributed by atoms with van der Waals surface area (Å²) in [6.45, 7) is 7.01. The summed E-state index contributed by atoms with van der Waals surface area (Å²) in [5.74, 6) is -7.17. The highest BCUT2D eigenvalue weighted by Crippen LogP contribution is 2.41. The molecule has 0 saturated carbocycles. The van der Waals surface area contributed by atoms with E-state index in [0.717, 1.165) is 5.56 Å². The number of halogens is 1. The van der Waals surface area contributed by atoms with Crippen LogP contribution in [-0.4, -0.2) is 72.8 Å². The minimum Gasteiger partial charge on any atom is -0.460 e. The van der Waals surface area contributed by atoms with E-state index in [4.69, 9.17) is 40.0 Å². The molecule has 2 aromatic carbocycles. The molecular weight excluding hydrogens is 586 g/mol. The van der Waals surface area contributed by atoms with Crippen molar-refractivity contribution in [2.24, 2.45) is 0 Å². The molecule has 2 aromatic rings. The summed E-state index contributed by atoms with van der Waals surface area (Å²) < 4.78 is 31.2. The molecule has 0 radical (unpaired) electrons. The molecule has 1 aliphatic rings. The van der Waals surface area contributed by atoms with Crippen molar-refractivity contribution in [2.45, 2.75) is 71.2 Å². The lowest BCUT2D eigenvalue weighted by Gasteiger charge is -2.23. The maximum Gasteiger partial charge on any atom is 0.453 e. The van der Waals surface area contributed by atoms with Crippen molar-refractivity contribution in [2.75, 3.05) is 19.8 Å². The average molecular weight is 622 g/mol. The highest BCUT2D eigenvalue weighted by molar-refractivity contribution is 6.30. The Hall–Kier alpha value is -3.87. The van der Waals surface area contributed by atoms with Gasteiger partial charge in [-0.25, -0.2) is 19.2 Å². The number of esters is 4. The van der Waals surface area contributed by atoms with Crippen molar-refractivity contribution < 1.29 is 52.7 Å². The van der Waals surface area contributed by atoms with Crippen LogP contribution in [0.15, 0.2) is 42.5 Å². The molecule has 12 nitrogen and oxygen atoms in total. The molecule has 0 aliphatic carbocycles. The number of hydrogen-bond donors (Lipinski definition) is 2. The van der Waals surface area contributed by atoms with Gasteiger partial charge in [0.15, 0.2) is 24.7 Å². The molecule has 0 fully saturated rings. The van der Waals surface area contributed by atoms with Gasteiger partial charge in [0.25, 0.3) is 0 Å². The fraction of sp³-hybridized carbons (Fsp3) is 0.467. The standard InChI is InChI=1S/C30H36ClNO11/c1-17(2)40-26(34)15-38-28(36)30(29(37)39-16-27(35)41-18(3)4)42-24-10-9-20(12-25(24)43-30)11-19(5)32-14-23(33)21-7-6-8-22(31)13-21/h6-10,12-13,17-19,23,32-33H,11,14-16H2,1-5H3. The van der Waals surface area contributed by atoms with Crippen LogP contribution in [0.1, 0.15) is 51.8 Å². The van der Waals surface area contributed by atoms with E-state index in [-0.39, 0.29) is 24.1 Å². The van der Waals surface area contributed by atoms with Crippen molar-refractivity contribution >= 4 is 35.5 Å². The molecule has 2 unspecified atom stereocenters. The largest absolute Gasteiger partial charge is 0.460 e. The highest BCUT2D eigenvalue weighted by Gasteiger charge is 2.60. The molecule has 0 saturated heterocycles. The lowest BCUT2D eigenvalue weighted by atomic mass is 10.1. The minimum absolute atomic E-state index is 0.0316. The van der Waals surface area contributed by atoms with E-state index in [1.807, 2.05) is 6.92 Å². The Morgan fingerprint density at radius 1 is 0.860 bits per heavy atom. The smallest absolute Gasteiger partial charge is 0.453 e. The number of fused-ring (bicyclic) bond motifs is 1. The topological polar surface area (TPSA) is 156 Å². The van der Waals surface area contributed by atoms with Gasteiger partial charge in [-0.2, -0.15) is 0 Å². The van der Waals surface area contributed by atoms with Crippen LogP contribution in [-0.2, 0) is 44.5 Å². The molecule has 234 valence electrons. The van der Waals surface area contributed by atoms with E-state index < -0.39 is 61.2 Å². The van der Waals surface area contributed by atoms with E-state index in [0.29, 0.717) is 17.0 Å². The molecule has 0 amide bonds. The normalized spacial score (nSPS) is 14.6. The zero-order chi connectivity index (χ0) is 31.7. The van der Waals surface area contributed by atoms with Crippen molar-refractivity contribution in [1.29, 1.82) is 0 Å².